The molecule has 0 aromatic carbocycles. The van der Waals surface area contributed by atoms with Crippen LogP contribution in [0.25, 0.3) is 0 Å². The van der Waals surface area contributed by atoms with E-state index in [9.17, 15) is 9.59 Å². The second kappa shape index (κ2) is 6.62. The van der Waals surface area contributed by atoms with Gasteiger partial charge in [-0.15, -0.1) is 11.3 Å². The Morgan fingerprint density at radius 3 is 2.59 bits per heavy atom. The summed E-state index contributed by atoms with van der Waals surface area (Å²) in [7, 11) is 0. The van der Waals surface area contributed by atoms with Gasteiger partial charge >= 0.3 is 0 Å². The van der Waals surface area contributed by atoms with Gasteiger partial charge in [0.1, 0.15) is 0 Å². The number of piperazine rings is 1. The molecule has 1 atom stereocenters. The van der Waals surface area contributed by atoms with E-state index >= 15 is 0 Å². The number of rotatable bonds is 2. The van der Waals surface area contributed by atoms with Crippen LogP contribution in [0.15, 0.2) is 11.6 Å². The molecule has 22 heavy (non-hydrogen) atoms. The number of morpholine rings is 1. The quantitative estimate of drug-likeness (QED) is 0.768. The summed E-state index contributed by atoms with van der Waals surface area (Å²) in [6, 6.07) is 0. The molecule has 0 N–H and O–H groups in total. The fourth-order valence-electron chi connectivity index (χ4n) is 2.79. The topological polar surface area (TPSA) is 66.0 Å². The molecule has 1 aromatic rings. The van der Waals surface area contributed by atoms with Crippen molar-refractivity contribution in [2.75, 3.05) is 50.8 Å². The van der Waals surface area contributed by atoms with Crippen molar-refractivity contribution in [2.45, 2.75) is 13.0 Å². The molecule has 1 aromatic heterocycles. The summed E-state index contributed by atoms with van der Waals surface area (Å²) in [5.41, 5.74) is 0. The van der Waals surface area contributed by atoms with Gasteiger partial charge in [0, 0.05) is 51.2 Å². The van der Waals surface area contributed by atoms with Gasteiger partial charge in [0.05, 0.1) is 13.2 Å². The summed E-state index contributed by atoms with van der Waals surface area (Å²) in [6.45, 7) is 5.75. The van der Waals surface area contributed by atoms with Crippen LogP contribution < -0.4 is 4.90 Å². The summed E-state index contributed by atoms with van der Waals surface area (Å²) in [4.78, 5) is 33.9. The van der Waals surface area contributed by atoms with Crippen LogP contribution in [0, 0.1) is 0 Å². The van der Waals surface area contributed by atoms with Gasteiger partial charge in [-0.25, -0.2) is 4.98 Å². The Morgan fingerprint density at radius 2 is 1.95 bits per heavy atom. The van der Waals surface area contributed by atoms with Crippen molar-refractivity contribution in [3.63, 3.8) is 0 Å². The number of amides is 2. The van der Waals surface area contributed by atoms with Crippen LogP contribution in [-0.4, -0.2) is 78.6 Å². The number of hydrogen-bond acceptors (Lipinski definition) is 6. The van der Waals surface area contributed by atoms with Gasteiger partial charge in [0.15, 0.2) is 11.2 Å². The predicted molar refractivity (Wildman–Crippen MR) is 82.9 cm³/mol. The zero-order chi connectivity index (χ0) is 15.5. The smallest absolute Gasteiger partial charge is 0.253 e. The zero-order valence-electron chi connectivity index (χ0n) is 12.6. The van der Waals surface area contributed by atoms with Crippen molar-refractivity contribution in [1.82, 2.24) is 14.8 Å². The average Bonchev–Trinajstić information content (AvgIpc) is 3.09. The molecule has 2 saturated heterocycles. The van der Waals surface area contributed by atoms with Crippen LogP contribution >= 0.6 is 11.3 Å². The minimum atomic E-state index is -0.443. The monoisotopic (exact) mass is 324 g/mol. The van der Waals surface area contributed by atoms with Gasteiger partial charge in [0.25, 0.3) is 5.91 Å². The molecule has 120 valence electrons. The molecule has 0 radical (unpaired) electrons. The molecule has 0 unspecified atom stereocenters. The van der Waals surface area contributed by atoms with Crippen molar-refractivity contribution >= 4 is 28.3 Å². The van der Waals surface area contributed by atoms with E-state index in [0.29, 0.717) is 39.3 Å². The number of thiazole rings is 1. The largest absolute Gasteiger partial charge is 0.365 e. The third-order valence-electron chi connectivity index (χ3n) is 4.07. The Balaban J connectivity index is 1.57. The maximum absolute atomic E-state index is 12.6. The molecular weight excluding hydrogens is 304 g/mol. The highest BCUT2D eigenvalue weighted by Gasteiger charge is 2.32. The summed E-state index contributed by atoms with van der Waals surface area (Å²) < 4.78 is 5.66. The Kier molecular flexibility index (Phi) is 4.58. The first-order valence-corrected chi connectivity index (χ1v) is 8.33. The van der Waals surface area contributed by atoms with E-state index < -0.39 is 6.10 Å². The molecule has 0 spiro atoms. The van der Waals surface area contributed by atoms with Crippen LogP contribution in [0.4, 0.5) is 5.13 Å². The lowest BCUT2D eigenvalue weighted by molar-refractivity contribution is -0.148. The van der Waals surface area contributed by atoms with Gasteiger partial charge < -0.3 is 19.4 Å². The fraction of sp³-hybridized carbons (Fsp3) is 0.643. The Labute approximate surface area is 133 Å². The Morgan fingerprint density at radius 1 is 1.23 bits per heavy atom. The molecule has 8 heteroatoms. The van der Waals surface area contributed by atoms with Crippen LogP contribution in [0.5, 0.6) is 0 Å². The van der Waals surface area contributed by atoms with E-state index in [1.165, 1.54) is 0 Å². The van der Waals surface area contributed by atoms with Crippen molar-refractivity contribution in [3.8, 4) is 0 Å². The van der Waals surface area contributed by atoms with Gasteiger partial charge in [0.2, 0.25) is 5.91 Å². The van der Waals surface area contributed by atoms with Crippen molar-refractivity contribution in [1.29, 1.82) is 0 Å². The first kappa shape index (κ1) is 15.2. The van der Waals surface area contributed by atoms with Gasteiger partial charge in [-0.2, -0.15) is 0 Å². The standard InChI is InChI=1S/C14H20N4O3S/c1-11(19)16-3-5-17(6-4-16)13(20)12-10-18(7-8-21-12)14-15-2-9-22-14/h2,9,12H,3-8,10H2,1H3/t12-/m1/s1. The first-order chi connectivity index (χ1) is 10.6. The molecule has 2 fully saturated rings. The maximum Gasteiger partial charge on any atom is 0.253 e. The molecule has 3 rings (SSSR count). The summed E-state index contributed by atoms with van der Waals surface area (Å²) >= 11 is 1.57. The number of anilines is 1. The summed E-state index contributed by atoms with van der Waals surface area (Å²) in [5.74, 6) is 0.0837. The van der Waals surface area contributed by atoms with Crippen LogP contribution in [0.3, 0.4) is 0 Å². The van der Waals surface area contributed by atoms with E-state index in [4.69, 9.17) is 4.74 Å². The number of carbonyl (C=O) groups excluding carboxylic acids is 2. The number of aromatic nitrogens is 1. The lowest BCUT2D eigenvalue weighted by atomic mass is 10.2. The minimum Gasteiger partial charge on any atom is -0.365 e. The lowest BCUT2D eigenvalue weighted by Gasteiger charge is -2.38. The van der Waals surface area contributed by atoms with Crippen molar-refractivity contribution < 1.29 is 14.3 Å². The number of carbonyl (C=O) groups is 2. The van der Waals surface area contributed by atoms with E-state index in [-0.39, 0.29) is 11.8 Å². The maximum atomic E-state index is 12.6. The Bertz CT molecular complexity index is 528. The van der Waals surface area contributed by atoms with E-state index in [2.05, 4.69) is 9.88 Å². The summed E-state index contributed by atoms with van der Waals surface area (Å²) in [6.07, 6.45) is 1.33. The molecule has 2 amide bonds. The molecule has 7 nitrogen and oxygen atoms in total. The average molecular weight is 324 g/mol. The first-order valence-electron chi connectivity index (χ1n) is 7.45. The second-order valence-corrected chi connectivity index (χ2v) is 6.32. The number of nitrogens with zero attached hydrogens (tertiary/aromatic N) is 4. The predicted octanol–water partition coefficient (Wildman–Crippen LogP) is 0.0390. The van der Waals surface area contributed by atoms with Crippen LogP contribution in [0.1, 0.15) is 6.92 Å². The van der Waals surface area contributed by atoms with Crippen molar-refractivity contribution in [3.05, 3.63) is 11.6 Å². The number of ether oxygens (including phenoxy) is 1. The van der Waals surface area contributed by atoms with E-state index in [1.807, 2.05) is 5.38 Å². The molecular formula is C14H20N4O3S. The lowest BCUT2D eigenvalue weighted by Crippen LogP contribution is -2.56. The van der Waals surface area contributed by atoms with E-state index in [0.717, 1.165) is 11.7 Å². The molecule has 2 aliphatic rings. The van der Waals surface area contributed by atoms with Crippen molar-refractivity contribution in [2.24, 2.45) is 0 Å². The highest BCUT2D eigenvalue weighted by molar-refractivity contribution is 7.13. The van der Waals surface area contributed by atoms with Gasteiger partial charge in [-0.1, -0.05) is 0 Å². The summed E-state index contributed by atoms with van der Waals surface area (Å²) in [5, 5.41) is 2.87. The highest BCUT2D eigenvalue weighted by Crippen LogP contribution is 2.21. The second-order valence-electron chi connectivity index (χ2n) is 5.45. The minimum absolute atomic E-state index is 0.0180. The molecule has 0 aliphatic carbocycles. The fourth-order valence-corrected chi connectivity index (χ4v) is 3.47. The molecule has 0 saturated carbocycles. The number of hydrogen-bond donors (Lipinski definition) is 0. The molecule has 3 heterocycles. The normalized spacial score (nSPS) is 22.8. The molecule has 0 bridgehead atoms. The third-order valence-corrected chi connectivity index (χ3v) is 4.90. The third kappa shape index (κ3) is 3.22. The van der Waals surface area contributed by atoms with Crippen LogP contribution in [0.2, 0.25) is 0 Å². The van der Waals surface area contributed by atoms with Gasteiger partial charge in [-0.05, 0) is 0 Å². The van der Waals surface area contributed by atoms with E-state index in [1.54, 1.807) is 34.3 Å². The SMILES string of the molecule is CC(=O)N1CCN(C(=O)[C@H]2CN(c3nccs3)CCO2)CC1. The highest BCUT2D eigenvalue weighted by atomic mass is 32.1. The Hall–Kier alpha value is -1.67. The van der Waals surface area contributed by atoms with Gasteiger partial charge in [-0.3, -0.25) is 9.59 Å². The van der Waals surface area contributed by atoms with Crippen LogP contribution in [-0.2, 0) is 14.3 Å². The molecule has 2 aliphatic heterocycles. The zero-order valence-corrected chi connectivity index (χ0v) is 13.4.